The van der Waals surface area contributed by atoms with E-state index in [9.17, 15) is 0 Å². The molecule has 0 spiro atoms. The van der Waals surface area contributed by atoms with E-state index in [1.54, 1.807) is 11.3 Å². The summed E-state index contributed by atoms with van der Waals surface area (Å²) in [5.41, 5.74) is 0.445. The fourth-order valence-corrected chi connectivity index (χ4v) is 3.26. The second kappa shape index (κ2) is 4.65. The Kier molecular flexibility index (Phi) is 3.55. The van der Waals surface area contributed by atoms with Crippen LogP contribution in [0, 0.1) is 0 Å². The number of hydrogen-bond acceptors (Lipinski definition) is 4. The summed E-state index contributed by atoms with van der Waals surface area (Å²) < 4.78 is 0. The van der Waals surface area contributed by atoms with E-state index in [2.05, 4.69) is 43.2 Å². The molecule has 0 aliphatic heterocycles. The summed E-state index contributed by atoms with van der Waals surface area (Å²) in [5.74, 6) is 0. The Balaban J connectivity index is 2.01. The van der Waals surface area contributed by atoms with E-state index < -0.39 is 0 Å². The summed E-state index contributed by atoms with van der Waals surface area (Å²) in [6.45, 7) is 9.69. The van der Waals surface area contributed by atoms with Crippen LogP contribution in [0.25, 0.3) is 0 Å². The molecule has 0 saturated heterocycles. The van der Waals surface area contributed by atoms with Crippen molar-refractivity contribution in [2.45, 2.75) is 70.9 Å². The fourth-order valence-electron chi connectivity index (χ4n) is 2.28. The minimum Gasteiger partial charge on any atom is -0.306 e. The molecular weight excluding hydrogens is 230 g/mol. The van der Waals surface area contributed by atoms with Gasteiger partial charge in [-0.05, 0) is 33.6 Å². The fraction of sp³-hybridized carbons (Fsp3) is 0.846. The summed E-state index contributed by atoms with van der Waals surface area (Å²) in [4.78, 5) is 0. The minimum atomic E-state index is 0.142. The predicted molar refractivity (Wildman–Crippen MR) is 72.3 cm³/mol. The molecule has 0 atom stereocenters. The van der Waals surface area contributed by atoms with Gasteiger partial charge in [-0.3, -0.25) is 0 Å². The van der Waals surface area contributed by atoms with Gasteiger partial charge in [-0.1, -0.05) is 31.1 Å². The molecule has 0 radical (unpaired) electrons. The molecule has 1 saturated carbocycles. The topological polar surface area (TPSA) is 37.8 Å². The Morgan fingerprint density at radius 2 is 1.88 bits per heavy atom. The standard InChI is InChI=1S/C13H23N3S/c1-12(2,3)14-9-10-15-16-11(17-10)13(4)7-5-6-8-13/h14H,5-9H2,1-4H3. The van der Waals surface area contributed by atoms with Crippen LogP contribution in [0.2, 0.25) is 0 Å². The van der Waals surface area contributed by atoms with Crippen molar-refractivity contribution in [2.75, 3.05) is 0 Å². The molecule has 1 aromatic rings. The highest BCUT2D eigenvalue weighted by Crippen LogP contribution is 2.41. The van der Waals surface area contributed by atoms with Gasteiger partial charge in [0.25, 0.3) is 0 Å². The van der Waals surface area contributed by atoms with Crippen LogP contribution in [-0.2, 0) is 12.0 Å². The molecule has 1 fully saturated rings. The quantitative estimate of drug-likeness (QED) is 0.898. The van der Waals surface area contributed by atoms with Gasteiger partial charge in [0, 0.05) is 11.0 Å². The average molecular weight is 253 g/mol. The number of nitrogens with one attached hydrogen (secondary N) is 1. The van der Waals surface area contributed by atoms with Crippen molar-refractivity contribution in [1.29, 1.82) is 0 Å². The van der Waals surface area contributed by atoms with Gasteiger partial charge in [-0.25, -0.2) is 0 Å². The Morgan fingerprint density at radius 1 is 1.24 bits per heavy atom. The summed E-state index contributed by atoms with van der Waals surface area (Å²) in [6, 6.07) is 0. The van der Waals surface area contributed by atoms with Gasteiger partial charge in [0.1, 0.15) is 10.0 Å². The number of aromatic nitrogens is 2. The molecule has 1 aliphatic rings. The smallest absolute Gasteiger partial charge is 0.131 e. The van der Waals surface area contributed by atoms with Crippen LogP contribution in [-0.4, -0.2) is 15.7 Å². The maximum Gasteiger partial charge on any atom is 0.131 e. The lowest BCUT2D eigenvalue weighted by Gasteiger charge is -2.20. The molecule has 2 rings (SSSR count). The first-order valence-corrected chi connectivity index (χ1v) is 7.29. The third kappa shape index (κ3) is 3.26. The normalized spacial score (nSPS) is 19.8. The van der Waals surface area contributed by atoms with E-state index >= 15 is 0 Å². The van der Waals surface area contributed by atoms with Gasteiger partial charge in [-0.2, -0.15) is 0 Å². The molecule has 1 aliphatic carbocycles. The summed E-state index contributed by atoms with van der Waals surface area (Å²) in [5, 5.41) is 14.5. The second-order valence-corrected chi connectivity index (χ2v) is 7.43. The van der Waals surface area contributed by atoms with E-state index in [0.29, 0.717) is 5.41 Å². The van der Waals surface area contributed by atoms with Crippen LogP contribution in [0.15, 0.2) is 0 Å². The SMILES string of the molecule is CC(C)(C)NCc1nnc(C2(C)CCCC2)s1. The highest BCUT2D eigenvalue weighted by Gasteiger charge is 2.34. The molecule has 0 amide bonds. The van der Waals surface area contributed by atoms with E-state index in [4.69, 9.17) is 0 Å². The molecule has 1 aromatic heterocycles. The summed E-state index contributed by atoms with van der Waals surface area (Å²) in [7, 11) is 0. The molecule has 17 heavy (non-hydrogen) atoms. The lowest BCUT2D eigenvalue weighted by atomic mass is 9.90. The second-order valence-electron chi connectivity index (χ2n) is 6.37. The Bertz CT molecular complexity index is 372. The summed E-state index contributed by atoms with van der Waals surface area (Å²) >= 11 is 1.78. The van der Waals surface area contributed by atoms with Gasteiger partial charge < -0.3 is 5.32 Å². The third-order valence-corrected chi connectivity index (χ3v) is 4.69. The lowest BCUT2D eigenvalue weighted by Crippen LogP contribution is -2.35. The maximum absolute atomic E-state index is 4.40. The molecule has 1 heterocycles. The largest absolute Gasteiger partial charge is 0.306 e. The zero-order valence-corrected chi connectivity index (χ0v) is 12.2. The number of nitrogens with zero attached hydrogens (tertiary/aromatic N) is 2. The maximum atomic E-state index is 4.40. The zero-order chi connectivity index (χ0) is 12.5. The molecule has 1 N–H and O–H groups in total. The van der Waals surface area contributed by atoms with Crippen molar-refractivity contribution in [1.82, 2.24) is 15.5 Å². The van der Waals surface area contributed by atoms with Crippen LogP contribution in [0.4, 0.5) is 0 Å². The molecular formula is C13H23N3S. The summed E-state index contributed by atoms with van der Waals surface area (Å²) in [6.07, 6.45) is 5.22. The van der Waals surface area contributed by atoms with E-state index in [-0.39, 0.29) is 5.54 Å². The molecule has 0 bridgehead atoms. The minimum absolute atomic E-state index is 0.142. The number of hydrogen-bond donors (Lipinski definition) is 1. The molecule has 0 unspecified atom stereocenters. The average Bonchev–Trinajstić information content (AvgIpc) is 2.83. The monoisotopic (exact) mass is 253 g/mol. The third-order valence-electron chi connectivity index (χ3n) is 3.46. The first-order chi connectivity index (χ1) is 7.89. The van der Waals surface area contributed by atoms with Gasteiger partial charge in [-0.15, -0.1) is 10.2 Å². The van der Waals surface area contributed by atoms with Gasteiger partial charge in [0.2, 0.25) is 0 Å². The van der Waals surface area contributed by atoms with Crippen LogP contribution in [0.1, 0.15) is 63.4 Å². The highest BCUT2D eigenvalue weighted by atomic mass is 32.1. The van der Waals surface area contributed by atoms with Crippen molar-refractivity contribution >= 4 is 11.3 Å². The highest BCUT2D eigenvalue weighted by molar-refractivity contribution is 7.11. The molecule has 3 nitrogen and oxygen atoms in total. The Hall–Kier alpha value is -0.480. The number of rotatable bonds is 3. The zero-order valence-electron chi connectivity index (χ0n) is 11.3. The van der Waals surface area contributed by atoms with Gasteiger partial charge in [0.15, 0.2) is 0 Å². The van der Waals surface area contributed by atoms with Crippen LogP contribution in [0.3, 0.4) is 0 Å². The molecule has 0 aromatic carbocycles. The first-order valence-electron chi connectivity index (χ1n) is 6.47. The lowest BCUT2D eigenvalue weighted by molar-refractivity contribution is 0.423. The van der Waals surface area contributed by atoms with E-state index in [0.717, 1.165) is 11.6 Å². The van der Waals surface area contributed by atoms with Gasteiger partial charge >= 0.3 is 0 Å². The molecule has 96 valence electrons. The van der Waals surface area contributed by atoms with Crippen LogP contribution < -0.4 is 5.32 Å². The van der Waals surface area contributed by atoms with E-state index in [1.165, 1.54) is 30.7 Å². The van der Waals surface area contributed by atoms with Crippen molar-refractivity contribution in [3.8, 4) is 0 Å². The molecule has 4 heteroatoms. The van der Waals surface area contributed by atoms with Gasteiger partial charge in [0.05, 0.1) is 6.54 Å². The Labute approximate surface area is 108 Å². The van der Waals surface area contributed by atoms with Crippen LogP contribution >= 0.6 is 11.3 Å². The van der Waals surface area contributed by atoms with Crippen molar-refractivity contribution in [2.24, 2.45) is 0 Å². The van der Waals surface area contributed by atoms with Crippen molar-refractivity contribution in [3.05, 3.63) is 10.0 Å². The predicted octanol–water partition coefficient (Wildman–Crippen LogP) is 3.26. The van der Waals surface area contributed by atoms with E-state index in [1.807, 2.05) is 0 Å². The van der Waals surface area contributed by atoms with Crippen molar-refractivity contribution in [3.63, 3.8) is 0 Å². The first kappa shape index (κ1) is 13.0. The van der Waals surface area contributed by atoms with Crippen molar-refractivity contribution < 1.29 is 0 Å². The van der Waals surface area contributed by atoms with Crippen LogP contribution in [0.5, 0.6) is 0 Å². The Morgan fingerprint density at radius 3 is 2.47 bits per heavy atom.